The number of ether oxygens (including phenoxy) is 3. The summed E-state index contributed by atoms with van der Waals surface area (Å²) in [4.78, 5) is 11.5. The summed E-state index contributed by atoms with van der Waals surface area (Å²) in [5, 5.41) is 0. The highest BCUT2D eigenvalue weighted by Gasteiger charge is 2.08. The zero-order chi connectivity index (χ0) is 14.8. The summed E-state index contributed by atoms with van der Waals surface area (Å²) in [5.74, 6) is 1.02. The first kappa shape index (κ1) is 16.1. The van der Waals surface area contributed by atoms with Gasteiger partial charge in [-0.2, -0.15) is 0 Å². The highest BCUT2D eigenvalue weighted by Crippen LogP contribution is 2.30. The molecule has 0 unspecified atom stereocenters. The van der Waals surface area contributed by atoms with Crippen LogP contribution in [0.25, 0.3) is 6.08 Å². The SMILES string of the molecule is CCCOC(=O)C=Cc1c(OCC)cccc1OCC. The third-order valence-electron chi connectivity index (χ3n) is 2.46. The van der Waals surface area contributed by atoms with E-state index in [0.29, 0.717) is 31.3 Å². The van der Waals surface area contributed by atoms with Crippen LogP contribution in [0.2, 0.25) is 0 Å². The number of hydrogen-bond acceptors (Lipinski definition) is 4. The molecule has 0 fully saturated rings. The molecule has 1 aromatic rings. The number of rotatable bonds is 8. The quantitative estimate of drug-likeness (QED) is 0.539. The first-order valence-electron chi connectivity index (χ1n) is 6.96. The number of hydrogen-bond donors (Lipinski definition) is 0. The van der Waals surface area contributed by atoms with Crippen molar-refractivity contribution in [1.82, 2.24) is 0 Å². The van der Waals surface area contributed by atoms with Gasteiger partial charge in [-0.25, -0.2) is 4.79 Å². The van der Waals surface area contributed by atoms with E-state index in [1.54, 1.807) is 6.08 Å². The maximum absolute atomic E-state index is 11.5. The van der Waals surface area contributed by atoms with Gasteiger partial charge in [0.2, 0.25) is 0 Å². The molecule has 0 aromatic heterocycles. The average Bonchev–Trinajstić information content (AvgIpc) is 2.45. The fourth-order valence-electron chi connectivity index (χ4n) is 1.65. The average molecular weight is 278 g/mol. The van der Waals surface area contributed by atoms with E-state index in [4.69, 9.17) is 14.2 Å². The highest BCUT2D eigenvalue weighted by molar-refractivity contribution is 5.88. The second-order valence-electron chi connectivity index (χ2n) is 4.03. The number of carbonyl (C=O) groups is 1. The Labute approximate surface area is 120 Å². The molecule has 1 aromatic carbocycles. The Balaban J connectivity index is 2.94. The van der Waals surface area contributed by atoms with Gasteiger partial charge in [-0.3, -0.25) is 0 Å². The first-order chi connectivity index (χ1) is 9.72. The zero-order valence-corrected chi connectivity index (χ0v) is 12.3. The van der Waals surface area contributed by atoms with E-state index in [9.17, 15) is 4.79 Å². The van der Waals surface area contributed by atoms with Gasteiger partial charge in [-0.1, -0.05) is 13.0 Å². The van der Waals surface area contributed by atoms with Gasteiger partial charge in [-0.15, -0.1) is 0 Å². The Morgan fingerprint density at radius 3 is 2.20 bits per heavy atom. The molecule has 0 N–H and O–H groups in total. The molecular formula is C16H22O4. The molecule has 0 atom stereocenters. The standard InChI is InChI=1S/C16H22O4/c1-4-12-20-16(17)11-10-13-14(18-5-2)8-7-9-15(13)19-6-3/h7-11H,4-6,12H2,1-3H3. The summed E-state index contributed by atoms with van der Waals surface area (Å²) in [6.45, 7) is 7.31. The normalized spacial score (nSPS) is 10.6. The summed E-state index contributed by atoms with van der Waals surface area (Å²) in [6, 6.07) is 5.56. The topological polar surface area (TPSA) is 44.8 Å². The summed E-state index contributed by atoms with van der Waals surface area (Å²) in [5.41, 5.74) is 0.754. The Hall–Kier alpha value is -1.97. The maximum atomic E-state index is 11.5. The molecule has 4 heteroatoms. The lowest BCUT2D eigenvalue weighted by Crippen LogP contribution is -2.02. The summed E-state index contributed by atoms with van der Waals surface area (Å²) >= 11 is 0. The molecule has 0 radical (unpaired) electrons. The van der Waals surface area contributed by atoms with Crippen LogP contribution >= 0.6 is 0 Å². The second kappa shape index (κ2) is 9.02. The minimum Gasteiger partial charge on any atom is -0.493 e. The van der Waals surface area contributed by atoms with Crippen molar-refractivity contribution in [2.75, 3.05) is 19.8 Å². The minimum absolute atomic E-state index is 0.361. The third kappa shape index (κ3) is 4.96. The molecule has 110 valence electrons. The van der Waals surface area contributed by atoms with Crippen LogP contribution in [0.3, 0.4) is 0 Å². The second-order valence-corrected chi connectivity index (χ2v) is 4.03. The Morgan fingerprint density at radius 2 is 1.70 bits per heavy atom. The predicted molar refractivity (Wildman–Crippen MR) is 79.1 cm³/mol. The molecule has 0 saturated heterocycles. The molecule has 0 saturated carbocycles. The third-order valence-corrected chi connectivity index (χ3v) is 2.46. The summed E-state index contributed by atoms with van der Waals surface area (Å²) in [6.07, 6.45) is 3.88. The fourth-order valence-corrected chi connectivity index (χ4v) is 1.65. The van der Waals surface area contributed by atoms with Crippen molar-refractivity contribution < 1.29 is 19.0 Å². The van der Waals surface area contributed by atoms with Crippen molar-refractivity contribution in [1.29, 1.82) is 0 Å². The Bertz CT molecular complexity index is 428. The van der Waals surface area contributed by atoms with E-state index in [2.05, 4.69) is 0 Å². The van der Waals surface area contributed by atoms with E-state index < -0.39 is 0 Å². The van der Waals surface area contributed by atoms with E-state index in [0.717, 1.165) is 12.0 Å². The summed E-state index contributed by atoms with van der Waals surface area (Å²) < 4.78 is 16.1. The maximum Gasteiger partial charge on any atom is 0.330 e. The van der Waals surface area contributed by atoms with Crippen LogP contribution in [0, 0.1) is 0 Å². The van der Waals surface area contributed by atoms with Gasteiger partial charge < -0.3 is 14.2 Å². The van der Waals surface area contributed by atoms with Crippen LogP contribution < -0.4 is 9.47 Å². The molecule has 0 heterocycles. The van der Waals surface area contributed by atoms with Crippen LogP contribution in [0.15, 0.2) is 24.3 Å². The summed E-state index contributed by atoms with van der Waals surface area (Å²) in [7, 11) is 0. The molecular weight excluding hydrogens is 256 g/mol. The number of esters is 1. The zero-order valence-electron chi connectivity index (χ0n) is 12.3. The first-order valence-corrected chi connectivity index (χ1v) is 6.96. The Morgan fingerprint density at radius 1 is 1.10 bits per heavy atom. The van der Waals surface area contributed by atoms with Gasteiger partial charge in [-0.05, 0) is 38.5 Å². The van der Waals surface area contributed by atoms with Gasteiger partial charge in [0.05, 0.1) is 25.4 Å². The number of carbonyl (C=O) groups excluding carboxylic acids is 1. The fraction of sp³-hybridized carbons (Fsp3) is 0.438. The van der Waals surface area contributed by atoms with Gasteiger partial charge in [0, 0.05) is 6.08 Å². The molecule has 0 aliphatic rings. The van der Waals surface area contributed by atoms with Gasteiger partial charge in [0.1, 0.15) is 11.5 Å². The monoisotopic (exact) mass is 278 g/mol. The lowest BCUT2D eigenvalue weighted by molar-refractivity contribution is -0.137. The van der Waals surface area contributed by atoms with Gasteiger partial charge in [0.25, 0.3) is 0 Å². The van der Waals surface area contributed by atoms with E-state index >= 15 is 0 Å². The molecule has 0 bridgehead atoms. The van der Waals surface area contributed by atoms with E-state index in [1.165, 1.54) is 6.08 Å². The molecule has 0 aliphatic heterocycles. The minimum atomic E-state index is -0.361. The van der Waals surface area contributed by atoms with Crippen molar-refractivity contribution in [2.45, 2.75) is 27.2 Å². The lowest BCUT2D eigenvalue weighted by Gasteiger charge is -2.12. The molecule has 20 heavy (non-hydrogen) atoms. The van der Waals surface area contributed by atoms with Gasteiger partial charge in [0.15, 0.2) is 0 Å². The molecule has 1 rings (SSSR count). The van der Waals surface area contributed by atoms with Crippen molar-refractivity contribution in [3.8, 4) is 11.5 Å². The highest BCUT2D eigenvalue weighted by atomic mass is 16.5. The van der Waals surface area contributed by atoms with E-state index in [-0.39, 0.29) is 5.97 Å². The van der Waals surface area contributed by atoms with Crippen molar-refractivity contribution >= 4 is 12.0 Å². The van der Waals surface area contributed by atoms with E-state index in [1.807, 2.05) is 39.0 Å². The van der Waals surface area contributed by atoms with Gasteiger partial charge >= 0.3 is 5.97 Å². The van der Waals surface area contributed by atoms with Crippen LogP contribution in [0.1, 0.15) is 32.8 Å². The predicted octanol–water partition coefficient (Wildman–Crippen LogP) is 3.45. The van der Waals surface area contributed by atoms with Crippen LogP contribution in [-0.2, 0) is 9.53 Å². The van der Waals surface area contributed by atoms with Crippen LogP contribution in [-0.4, -0.2) is 25.8 Å². The smallest absolute Gasteiger partial charge is 0.330 e. The van der Waals surface area contributed by atoms with Crippen molar-refractivity contribution in [3.63, 3.8) is 0 Å². The van der Waals surface area contributed by atoms with Crippen molar-refractivity contribution in [2.24, 2.45) is 0 Å². The molecule has 0 aliphatic carbocycles. The lowest BCUT2D eigenvalue weighted by atomic mass is 10.1. The Kier molecular flexibility index (Phi) is 7.25. The largest absolute Gasteiger partial charge is 0.493 e. The molecule has 4 nitrogen and oxygen atoms in total. The number of benzene rings is 1. The van der Waals surface area contributed by atoms with Crippen LogP contribution in [0.5, 0.6) is 11.5 Å². The molecule has 0 spiro atoms. The van der Waals surface area contributed by atoms with Crippen LogP contribution in [0.4, 0.5) is 0 Å². The molecule has 0 amide bonds. The van der Waals surface area contributed by atoms with Crippen molar-refractivity contribution in [3.05, 3.63) is 29.8 Å².